The summed E-state index contributed by atoms with van der Waals surface area (Å²) in [6, 6.07) is 34.4. The van der Waals surface area contributed by atoms with Gasteiger partial charge in [0.15, 0.2) is 0 Å². The topological polar surface area (TPSA) is 56.1 Å². The maximum absolute atomic E-state index is 13.0. The fourth-order valence-corrected chi connectivity index (χ4v) is 4.72. The van der Waals surface area contributed by atoms with Crippen molar-refractivity contribution < 1.29 is 9.53 Å². The fourth-order valence-electron chi connectivity index (χ4n) is 4.72. The highest BCUT2D eigenvalue weighted by Crippen LogP contribution is 2.22. The van der Waals surface area contributed by atoms with Gasteiger partial charge in [0.2, 0.25) is 5.91 Å². The molecule has 0 aliphatic rings. The van der Waals surface area contributed by atoms with Gasteiger partial charge in [-0.15, -0.1) is 0 Å². The molecule has 1 unspecified atom stereocenters. The van der Waals surface area contributed by atoms with E-state index in [9.17, 15) is 4.79 Å². The molecule has 0 spiro atoms. The third-order valence-electron chi connectivity index (χ3n) is 6.79. The quantitative estimate of drug-likeness (QED) is 0.229. The Bertz CT molecular complexity index is 1490. The van der Waals surface area contributed by atoms with Crippen molar-refractivity contribution in [3.63, 3.8) is 0 Å². The molecule has 5 heteroatoms. The number of aryl methyl sites for hydroxylation is 1. The summed E-state index contributed by atoms with van der Waals surface area (Å²) in [5.41, 5.74) is 6.51. The molecule has 1 heterocycles. The molecule has 1 aromatic heterocycles. The molecule has 1 amide bonds. The molecule has 0 radical (unpaired) electrons. The summed E-state index contributed by atoms with van der Waals surface area (Å²) < 4.78 is 8.18. The maximum Gasteiger partial charge on any atom is 0.224 e. The zero-order valence-corrected chi connectivity index (χ0v) is 21.9. The summed E-state index contributed by atoms with van der Waals surface area (Å²) in [7, 11) is 0. The number of rotatable bonds is 10. The third-order valence-corrected chi connectivity index (χ3v) is 6.79. The predicted molar refractivity (Wildman–Crippen MR) is 153 cm³/mol. The Balaban J connectivity index is 1.25. The smallest absolute Gasteiger partial charge is 0.224 e. The van der Waals surface area contributed by atoms with Gasteiger partial charge in [0, 0.05) is 0 Å². The van der Waals surface area contributed by atoms with E-state index in [1.807, 2.05) is 67.6 Å². The van der Waals surface area contributed by atoms with Crippen LogP contribution in [0, 0.1) is 0 Å². The highest BCUT2D eigenvalue weighted by Gasteiger charge is 2.18. The molecule has 192 valence electrons. The van der Waals surface area contributed by atoms with E-state index in [0.29, 0.717) is 19.6 Å². The summed E-state index contributed by atoms with van der Waals surface area (Å²) in [6.07, 6.45) is 1.32. The van der Waals surface area contributed by atoms with Gasteiger partial charge in [0.1, 0.15) is 18.2 Å². The van der Waals surface area contributed by atoms with E-state index in [1.54, 1.807) is 0 Å². The van der Waals surface area contributed by atoms with Crippen molar-refractivity contribution in [3.05, 3.63) is 120 Å². The third kappa shape index (κ3) is 5.94. The first-order valence-electron chi connectivity index (χ1n) is 13.2. The number of ether oxygens (including phenoxy) is 1. The van der Waals surface area contributed by atoms with Crippen LogP contribution in [0.25, 0.3) is 22.2 Å². The Morgan fingerprint density at radius 1 is 0.842 bits per heavy atom. The summed E-state index contributed by atoms with van der Waals surface area (Å²) >= 11 is 0. The molecule has 0 aliphatic carbocycles. The lowest BCUT2D eigenvalue weighted by molar-refractivity contribution is -0.121. The lowest BCUT2D eigenvalue weighted by Crippen LogP contribution is -2.30. The zero-order valence-electron chi connectivity index (χ0n) is 21.9. The van der Waals surface area contributed by atoms with Gasteiger partial charge >= 0.3 is 0 Å². The predicted octanol–water partition coefficient (Wildman–Crippen LogP) is 6.76. The second kappa shape index (κ2) is 11.8. The van der Waals surface area contributed by atoms with Gasteiger partial charge in [-0.25, -0.2) is 4.98 Å². The van der Waals surface area contributed by atoms with Crippen LogP contribution in [0.4, 0.5) is 0 Å². The fraction of sp³-hybridized carbons (Fsp3) is 0.212. The molecule has 0 fully saturated rings. The van der Waals surface area contributed by atoms with Crippen LogP contribution in [-0.4, -0.2) is 22.1 Å². The first-order valence-corrected chi connectivity index (χ1v) is 13.2. The Labute approximate surface area is 224 Å². The monoisotopic (exact) mass is 503 g/mol. The van der Waals surface area contributed by atoms with Gasteiger partial charge < -0.3 is 14.6 Å². The molecular weight excluding hydrogens is 470 g/mol. The normalized spacial score (nSPS) is 11.8. The van der Waals surface area contributed by atoms with E-state index < -0.39 is 0 Å². The molecular formula is C33H33N3O2. The van der Waals surface area contributed by atoms with Gasteiger partial charge in [0.25, 0.3) is 0 Å². The molecule has 0 saturated carbocycles. The molecule has 5 rings (SSSR count). The molecule has 1 atom stereocenters. The summed E-state index contributed by atoms with van der Waals surface area (Å²) in [5, 5.41) is 3.15. The number of benzene rings is 4. The van der Waals surface area contributed by atoms with E-state index in [4.69, 9.17) is 9.72 Å². The summed E-state index contributed by atoms with van der Waals surface area (Å²) in [6.45, 7) is 5.27. The molecule has 1 N–H and O–H groups in total. The van der Waals surface area contributed by atoms with Gasteiger partial charge in [-0.2, -0.15) is 0 Å². The standard InChI is InChI=1S/C33H33N3O2/c1-3-25-15-19-29(20-16-25)38-22-21-36-31-12-8-7-11-30(31)35-33(36)24(2)34-32(37)23-26-13-17-28(18-14-26)27-9-5-4-6-10-27/h4-20,24H,3,21-23H2,1-2H3,(H,34,37). The second-order valence-electron chi connectivity index (χ2n) is 9.49. The SMILES string of the molecule is CCc1ccc(OCCn2c(C(C)NC(=O)Cc3ccc(-c4ccccc4)cc3)nc3ccccc32)cc1. The van der Waals surface area contributed by atoms with E-state index in [0.717, 1.165) is 45.7 Å². The molecule has 0 saturated heterocycles. The number of nitrogens with one attached hydrogen (secondary N) is 1. The summed E-state index contributed by atoms with van der Waals surface area (Å²) in [4.78, 5) is 17.8. The minimum absolute atomic E-state index is 0.0316. The average Bonchev–Trinajstić information content (AvgIpc) is 3.33. The van der Waals surface area contributed by atoms with Gasteiger partial charge in [-0.3, -0.25) is 4.79 Å². The molecule has 38 heavy (non-hydrogen) atoms. The lowest BCUT2D eigenvalue weighted by atomic mass is 10.0. The van der Waals surface area contributed by atoms with Crippen LogP contribution >= 0.6 is 0 Å². The van der Waals surface area contributed by atoms with Crippen molar-refractivity contribution in [3.8, 4) is 16.9 Å². The minimum Gasteiger partial charge on any atom is -0.492 e. The number of aromatic nitrogens is 2. The number of fused-ring (bicyclic) bond motifs is 1. The Kier molecular flexibility index (Phi) is 7.84. The molecule has 5 nitrogen and oxygen atoms in total. The number of imidazole rings is 1. The number of hydrogen-bond donors (Lipinski definition) is 1. The van der Waals surface area contributed by atoms with Crippen molar-refractivity contribution >= 4 is 16.9 Å². The van der Waals surface area contributed by atoms with Crippen LogP contribution in [0.3, 0.4) is 0 Å². The summed E-state index contributed by atoms with van der Waals surface area (Å²) in [5.74, 6) is 1.65. The number of para-hydroxylation sites is 2. The van der Waals surface area contributed by atoms with Crippen molar-refractivity contribution in [2.75, 3.05) is 6.61 Å². The minimum atomic E-state index is -0.248. The van der Waals surface area contributed by atoms with Gasteiger partial charge in [-0.05, 0) is 59.9 Å². The van der Waals surface area contributed by atoms with E-state index in [1.165, 1.54) is 5.56 Å². The van der Waals surface area contributed by atoms with Gasteiger partial charge in [-0.1, -0.05) is 85.8 Å². The number of hydrogen-bond acceptors (Lipinski definition) is 3. The first kappa shape index (κ1) is 25.3. The Hall–Kier alpha value is -4.38. The number of amides is 1. The van der Waals surface area contributed by atoms with Crippen LogP contribution < -0.4 is 10.1 Å². The Morgan fingerprint density at radius 2 is 1.50 bits per heavy atom. The van der Waals surface area contributed by atoms with Crippen molar-refractivity contribution in [2.45, 2.75) is 39.3 Å². The van der Waals surface area contributed by atoms with Crippen LogP contribution in [0.15, 0.2) is 103 Å². The van der Waals surface area contributed by atoms with Crippen LogP contribution in [0.2, 0.25) is 0 Å². The molecule has 0 aliphatic heterocycles. The number of carbonyl (C=O) groups excluding carboxylic acids is 1. The van der Waals surface area contributed by atoms with Crippen molar-refractivity contribution in [1.29, 1.82) is 0 Å². The number of carbonyl (C=O) groups is 1. The largest absolute Gasteiger partial charge is 0.492 e. The zero-order chi connectivity index (χ0) is 26.3. The van der Waals surface area contributed by atoms with E-state index in [-0.39, 0.29) is 11.9 Å². The van der Waals surface area contributed by atoms with Crippen molar-refractivity contribution in [2.24, 2.45) is 0 Å². The second-order valence-corrected chi connectivity index (χ2v) is 9.49. The lowest BCUT2D eigenvalue weighted by Gasteiger charge is -2.17. The van der Waals surface area contributed by atoms with E-state index >= 15 is 0 Å². The average molecular weight is 504 g/mol. The maximum atomic E-state index is 13.0. The highest BCUT2D eigenvalue weighted by atomic mass is 16.5. The van der Waals surface area contributed by atoms with Gasteiger partial charge in [0.05, 0.1) is 30.0 Å². The van der Waals surface area contributed by atoms with E-state index in [2.05, 4.69) is 59.3 Å². The van der Waals surface area contributed by atoms with Crippen molar-refractivity contribution in [1.82, 2.24) is 14.9 Å². The molecule has 4 aromatic carbocycles. The molecule has 0 bridgehead atoms. The highest BCUT2D eigenvalue weighted by molar-refractivity contribution is 5.80. The van der Waals surface area contributed by atoms with Crippen LogP contribution in [0.1, 0.15) is 36.8 Å². The Morgan fingerprint density at radius 3 is 2.24 bits per heavy atom. The number of nitrogens with zero attached hydrogens (tertiary/aromatic N) is 2. The van der Waals surface area contributed by atoms with Crippen LogP contribution in [0.5, 0.6) is 5.75 Å². The molecule has 5 aromatic rings. The first-order chi connectivity index (χ1) is 18.6. The van der Waals surface area contributed by atoms with Crippen LogP contribution in [-0.2, 0) is 24.2 Å².